The van der Waals surface area contributed by atoms with Gasteiger partial charge in [-0.1, -0.05) is 30.3 Å². The first-order valence-corrected chi connectivity index (χ1v) is 4.44. The quantitative estimate of drug-likeness (QED) is 0.724. The minimum Gasteiger partial charge on any atom is -0.481 e. The third-order valence-corrected chi connectivity index (χ3v) is 2.07. The van der Waals surface area contributed by atoms with Crippen molar-refractivity contribution in [2.24, 2.45) is 0 Å². The van der Waals surface area contributed by atoms with Gasteiger partial charge in [-0.25, -0.2) is 0 Å². The van der Waals surface area contributed by atoms with Crippen molar-refractivity contribution in [2.75, 3.05) is 0 Å². The number of carbonyl (C=O) groups excluding carboxylic acids is 1. The molecule has 0 saturated heterocycles. The summed E-state index contributed by atoms with van der Waals surface area (Å²) in [5.41, 5.74) is 0.905. The molecular formula is C11H12O3. The minimum absolute atomic E-state index is 0.00273. The Morgan fingerprint density at radius 2 is 2.00 bits per heavy atom. The molecule has 74 valence electrons. The number of aliphatic carboxylic acids is 1. The summed E-state index contributed by atoms with van der Waals surface area (Å²) >= 11 is 0. The van der Waals surface area contributed by atoms with Crippen LogP contribution in [0.25, 0.3) is 0 Å². The molecule has 1 atom stereocenters. The van der Waals surface area contributed by atoms with E-state index in [0.29, 0.717) is 0 Å². The van der Waals surface area contributed by atoms with Crippen LogP contribution >= 0.6 is 0 Å². The minimum atomic E-state index is -0.874. The van der Waals surface area contributed by atoms with Crippen molar-refractivity contribution in [1.29, 1.82) is 0 Å². The average molecular weight is 192 g/mol. The lowest BCUT2D eigenvalue weighted by Gasteiger charge is -2.11. The Kier molecular flexibility index (Phi) is 3.85. The van der Waals surface area contributed by atoms with Gasteiger partial charge in [-0.2, -0.15) is 0 Å². The van der Waals surface area contributed by atoms with Crippen LogP contribution in [0.1, 0.15) is 24.3 Å². The number of hydrogen-bond acceptors (Lipinski definition) is 2. The molecule has 0 aliphatic rings. The van der Waals surface area contributed by atoms with Gasteiger partial charge in [0.2, 0.25) is 0 Å². The monoisotopic (exact) mass is 192 g/mol. The van der Waals surface area contributed by atoms with Crippen LogP contribution in [0.3, 0.4) is 0 Å². The van der Waals surface area contributed by atoms with Gasteiger partial charge in [0.1, 0.15) is 6.29 Å². The van der Waals surface area contributed by atoms with Crippen LogP contribution in [0.4, 0.5) is 0 Å². The Labute approximate surface area is 82.4 Å². The van der Waals surface area contributed by atoms with Gasteiger partial charge >= 0.3 is 5.97 Å². The van der Waals surface area contributed by atoms with Crippen LogP contribution in [0, 0.1) is 0 Å². The first-order valence-electron chi connectivity index (χ1n) is 4.44. The lowest BCUT2D eigenvalue weighted by molar-refractivity contribution is -0.137. The van der Waals surface area contributed by atoms with E-state index in [1.165, 1.54) is 0 Å². The van der Waals surface area contributed by atoms with Gasteiger partial charge in [-0.3, -0.25) is 4.79 Å². The van der Waals surface area contributed by atoms with Crippen molar-refractivity contribution >= 4 is 12.3 Å². The van der Waals surface area contributed by atoms with Crippen molar-refractivity contribution in [3.05, 3.63) is 35.9 Å². The highest BCUT2D eigenvalue weighted by molar-refractivity contribution is 5.69. The highest BCUT2D eigenvalue weighted by Gasteiger charge is 2.14. The zero-order chi connectivity index (χ0) is 10.4. The van der Waals surface area contributed by atoms with E-state index in [2.05, 4.69) is 0 Å². The summed E-state index contributed by atoms with van der Waals surface area (Å²) in [5.74, 6) is -1.08. The lowest BCUT2D eigenvalue weighted by atomic mass is 9.93. The SMILES string of the molecule is O=CCC(CC(=O)O)c1ccccc1. The topological polar surface area (TPSA) is 54.4 Å². The van der Waals surface area contributed by atoms with Crippen LogP contribution in [-0.4, -0.2) is 17.4 Å². The smallest absolute Gasteiger partial charge is 0.303 e. The van der Waals surface area contributed by atoms with Crippen LogP contribution < -0.4 is 0 Å². The highest BCUT2D eigenvalue weighted by Crippen LogP contribution is 2.21. The van der Waals surface area contributed by atoms with Crippen LogP contribution in [0.15, 0.2) is 30.3 Å². The molecule has 0 amide bonds. The zero-order valence-corrected chi connectivity index (χ0v) is 7.72. The van der Waals surface area contributed by atoms with Gasteiger partial charge < -0.3 is 9.90 Å². The Morgan fingerprint density at radius 1 is 1.36 bits per heavy atom. The predicted molar refractivity (Wildman–Crippen MR) is 52.1 cm³/mol. The van der Waals surface area contributed by atoms with E-state index in [0.717, 1.165) is 11.8 Å². The molecule has 14 heavy (non-hydrogen) atoms. The molecule has 0 fully saturated rings. The molecule has 1 aromatic rings. The predicted octanol–water partition coefficient (Wildman–Crippen LogP) is 1.83. The van der Waals surface area contributed by atoms with E-state index in [-0.39, 0.29) is 18.8 Å². The summed E-state index contributed by atoms with van der Waals surface area (Å²) < 4.78 is 0. The summed E-state index contributed by atoms with van der Waals surface area (Å²) in [6.45, 7) is 0. The second-order valence-electron chi connectivity index (χ2n) is 3.11. The summed E-state index contributed by atoms with van der Waals surface area (Å²) in [6, 6.07) is 9.24. The second kappa shape index (κ2) is 5.17. The molecule has 1 aromatic carbocycles. The summed E-state index contributed by atoms with van der Waals surface area (Å²) in [7, 11) is 0. The van der Waals surface area contributed by atoms with Crippen molar-refractivity contribution in [3.63, 3.8) is 0 Å². The summed E-state index contributed by atoms with van der Waals surface area (Å²) in [4.78, 5) is 20.9. The number of hydrogen-bond donors (Lipinski definition) is 1. The molecule has 1 N–H and O–H groups in total. The molecule has 0 radical (unpaired) electrons. The lowest BCUT2D eigenvalue weighted by Crippen LogP contribution is -2.06. The number of carboxylic acids is 1. The molecule has 0 aliphatic carbocycles. The molecular weight excluding hydrogens is 180 g/mol. The van der Waals surface area contributed by atoms with Gasteiger partial charge in [-0.05, 0) is 5.56 Å². The number of rotatable bonds is 5. The fraction of sp³-hybridized carbons (Fsp3) is 0.273. The Balaban J connectivity index is 2.77. The highest BCUT2D eigenvalue weighted by atomic mass is 16.4. The molecule has 0 spiro atoms. The van der Waals surface area contributed by atoms with Crippen molar-refractivity contribution in [2.45, 2.75) is 18.8 Å². The number of aldehydes is 1. The molecule has 0 bridgehead atoms. The first-order chi connectivity index (χ1) is 6.74. The van der Waals surface area contributed by atoms with Crippen molar-refractivity contribution in [3.8, 4) is 0 Å². The zero-order valence-electron chi connectivity index (χ0n) is 7.72. The molecule has 0 aromatic heterocycles. The molecule has 1 rings (SSSR count). The third-order valence-electron chi connectivity index (χ3n) is 2.07. The molecule has 0 heterocycles. The summed E-state index contributed by atoms with van der Waals surface area (Å²) in [6.07, 6.45) is 1.03. The van der Waals surface area contributed by atoms with Gasteiger partial charge in [0, 0.05) is 12.3 Å². The van der Waals surface area contributed by atoms with Gasteiger partial charge in [0.15, 0.2) is 0 Å². The molecule has 0 saturated carbocycles. The maximum atomic E-state index is 10.5. The number of carbonyl (C=O) groups is 2. The fourth-order valence-electron chi connectivity index (χ4n) is 1.39. The Hall–Kier alpha value is -1.64. The third kappa shape index (κ3) is 3.01. The second-order valence-corrected chi connectivity index (χ2v) is 3.11. The van der Waals surface area contributed by atoms with E-state index >= 15 is 0 Å². The van der Waals surface area contributed by atoms with E-state index in [9.17, 15) is 9.59 Å². The molecule has 3 nitrogen and oxygen atoms in total. The largest absolute Gasteiger partial charge is 0.481 e. The van der Waals surface area contributed by atoms with E-state index in [1.807, 2.05) is 30.3 Å². The maximum Gasteiger partial charge on any atom is 0.303 e. The first kappa shape index (κ1) is 10.4. The van der Waals surface area contributed by atoms with Crippen LogP contribution in [0.5, 0.6) is 0 Å². The number of carboxylic acid groups (broad SMARTS) is 1. The average Bonchev–Trinajstić information content (AvgIpc) is 2.18. The van der Waals surface area contributed by atoms with Gasteiger partial charge in [0.25, 0.3) is 0 Å². The fourth-order valence-corrected chi connectivity index (χ4v) is 1.39. The van der Waals surface area contributed by atoms with Crippen molar-refractivity contribution < 1.29 is 14.7 Å². The normalized spacial score (nSPS) is 12.0. The van der Waals surface area contributed by atoms with Crippen LogP contribution in [0.2, 0.25) is 0 Å². The van der Waals surface area contributed by atoms with E-state index in [4.69, 9.17) is 5.11 Å². The molecule has 0 aliphatic heterocycles. The maximum absolute atomic E-state index is 10.5. The van der Waals surface area contributed by atoms with Crippen molar-refractivity contribution in [1.82, 2.24) is 0 Å². The van der Waals surface area contributed by atoms with Gasteiger partial charge in [0.05, 0.1) is 6.42 Å². The number of benzene rings is 1. The standard InChI is InChI=1S/C11H12O3/c12-7-6-10(8-11(13)14)9-4-2-1-3-5-9/h1-5,7,10H,6,8H2,(H,13,14). The summed E-state index contributed by atoms with van der Waals surface area (Å²) in [5, 5.41) is 8.66. The Bertz CT molecular complexity index is 306. The Morgan fingerprint density at radius 3 is 2.50 bits per heavy atom. The van der Waals surface area contributed by atoms with Gasteiger partial charge in [-0.15, -0.1) is 0 Å². The molecule has 1 unspecified atom stereocenters. The van der Waals surface area contributed by atoms with Crippen LogP contribution in [-0.2, 0) is 9.59 Å². The van der Waals surface area contributed by atoms with E-state index in [1.54, 1.807) is 0 Å². The van der Waals surface area contributed by atoms with E-state index < -0.39 is 5.97 Å². The molecule has 3 heteroatoms.